The number of hydrogen-bond donors (Lipinski definition) is 0. The van der Waals surface area contributed by atoms with Gasteiger partial charge in [-0.05, 0) is 0 Å². The maximum atomic E-state index is 2.12. The molecule has 0 aromatic rings. The first kappa shape index (κ1) is 29.3. The van der Waals surface area contributed by atoms with Gasteiger partial charge in [0.15, 0.2) is 0 Å². The summed E-state index contributed by atoms with van der Waals surface area (Å²) < 4.78 is 0. The predicted octanol–water partition coefficient (Wildman–Crippen LogP) is 4.92. The molecule has 0 bridgehead atoms. The van der Waals surface area contributed by atoms with Crippen LogP contribution in [0.15, 0.2) is 0 Å². The second-order valence-electron chi connectivity index (χ2n) is 1.99. The molecular formula is C9H26IY-. The van der Waals surface area contributed by atoms with E-state index in [4.69, 9.17) is 0 Å². The van der Waals surface area contributed by atoms with E-state index < -0.39 is 0 Å². The number of halogens is 1. The van der Waals surface area contributed by atoms with Gasteiger partial charge in [-0.3, -0.25) is 0 Å². The van der Waals surface area contributed by atoms with Crippen molar-refractivity contribution in [3.8, 4) is 0 Å². The van der Waals surface area contributed by atoms with Gasteiger partial charge in [0.25, 0.3) is 0 Å². The first-order valence-electron chi connectivity index (χ1n) is 3.98. The van der Waals surface area contributed by atoms with E-state index in [1.54, 1.807) is 0 Å². The van der Waals surface area contributed by atoms with Gasteiger partial charge in [0, 0.05) is 34.1 Å². The van der Waals surface area contributed by atoms with Gasteiger partial charge in [0.1, 0.15) is 0 Å². The van der Waals surface area contributed by atoms with Crippen LogP contribution in [0.25, 0.3) is 0 Å². The van der Waals surface area contributed by atoms with Crippen molar-refractivity contribution < 1.29 is 34.1 Å². The molecule has 0 fully saturated rings. The van der Waals surface area contributed by atoms with Crippen LogP contribution in [-0.4, -0.2) is 0 Å². The van der Waals surface area contributed by atoms with Crippen molar-refractivity contribution in [2.24, 2.45) is 0 Å². The summed E-state index contributed by atoms with van der Waals surface area (Å²) in [6.07, 6.45) is 4.50. The second-order valence-corrected chi connectivity index (χ2v) is 1.99. The van der Waals surface area contributed by atoms with E-state index in [0.29, 0.717) is 0 Å². The van der Waals surface area contributed by atoms with E-state index in [1.165, 1.54) is 12.8 Å². The average molecular weight is 350 g/mol. The molecule has 0 unspecified atom stereocenters. The molecule has 73 valence electrons. The van der Waals surface area contributed by atoms with Crippen LogP contribution in [0.2, 0.25) is 0 Å². The summed E-state index contributed by atoms with van der Waals surface area (Å²) in [4.78, 5) is 0. The van der Waals surface area contributed by atoms with Crippen molar-refractivity contribution in [2.45, 2.75) is 54.4 Å². The Morgan fingerprint density at radius 1 is 0.909 bits per heavy atom. The summed E-state index contributed by atoms with van der Waals surface area (Å²) in [6.45, 7) is 12.5. The molecule has 0 atom stereocenters. The van der Waals surface area contributed by atoms with Crippen LogP contribution in [0, 0.1) is 6.42 Å². The molecule has 0 aliphatic rings. The Balaban J connectivity index is -0.00000001000. The minimum Gasteiger partial charge on any atom is -0.335 e. The van der Waals surface area contributed by atoms with Gasteiger partial charge in [-0.1, -0.05) is 40.5 Å². The minimum atomic E-state index is 0. The predicted molar refractivity (Wildman–Crippen MR) is 65.1 cm³/mol. The van der Waals surface area contributed by atoms with Gasteiger partial charge in [-0.25, -0.2) is 0 Å². The van der Waals surface area contributed by atoms with Crippen LogP contribution < -0.4 is 0 Å². The van der Waals surface area contributed by atoms with Gasteiger partial charge in [0.05, 0.1) is 0 Å². The van der Waals surface area contributed by atoms with Crippen LogP contribution >= 0.6 is 24.0 Å². The van der Waals surface area contributed by atoms with E-state index in [9.17, 15) is 0 Å². The van der Waals surface area contributed by atoms with E-state index in [-0.39, 0.29) is 58.1 Å². The monoisotopic (exact) mass is 350 g/mol. The fourth-order valence-electron chi connectivity index (χ4n) is 0. The molecule has 0 aliphatic carbocycles. The van der Waals surface area contributed by atoms with Crippen LogP contribution in [0.3, 0.4) is 0 Å². The standard InChI is InChI=1S/2C3H8.C3H7.HI.Y.H2/c3*1-3-2;;;/h2*3H2,1-2H3;3H,1-2H3;1H;;1H/q;;-1;;;. The maximum absolute atomic E-state index is 2.12. The van der Waals surface area contributed by atoms with Crippen molar-refractivity contribution in [3.05, 3.63) is 6.42 Å². The summed E-state index contributed by atoms with van der Waals surface area (Å²) in [5, 5.41) is 0. The summed E-state index contributed by atoms with van der Waals surface area (Å²) in [7, 11) is 0. The molecule has 0 nitrogen and oxygen atoms in total. The largest absolute Gasteiger partial charge is 0.335 e. The average Bonchev–Trinajstić information content (AvgIpc) is 1.70. The Bertz CT molecular complexity index is 19.2. The third-order valence-corrected chi connectivity index (χ3v) is 0. The Morgan fingerprint density at radius 2 is 0.909 bits per heavy atom. The summed E-state index contributed by atoms with van der Waals surface area (Å²) >= 11 is 0. The van der Waals surface area contributed by atoms with E-state index in [1.807, 2.05) is 20.3 Å². The molecule has 0 spiro atoms. The van der Waals surface area contributed by atoms with Crippen molar-refractivity contribution >= 4 is 24.0 Å². The second kappa shape index (κ2) is 59.4. The zero-order chi connectivity index (χ0) is 8.12. The van der Waals surface area contributed by atoms with Gasteiger partial charge in [0.2, 0.25) is 0 Å². The summed E-state index contributed by atoms with van der Waals surface area (Å²) in [5.74, 6) is 0. The number of hydrogen-bond acceptors (Lipinski definition) is 0. The third-order valence-electron chi connectivity index (χ3n) is 0. The van der Waals surface area contributed by atoms with E-state index in [2.05, 4.69) is 27.7 Å². The fourth-order valence-corrected chi connectivity index (χ4v) is 0. The van der Waals surface area contributed by atoms with Gasteiger partial charge >= 0.3 is 0 Å². The van der Waals surface area contributed by atoms with Crippen molar-refractivity contribution in [3.63, 3.8) is 0 Å². The summed E-state index contributed by atoms with van der Waals surface area (Å²) in [5.41, 5.74) is 0. The zero-order valence-corrected chi connectivity index (χ0v) is 14.1. The first-order chi connectivity index (χ1) is 4.24. The van der Waals surface area contributed by atoms with Crippen molar-refractivity contribution in [2.75, 3.05) is 0 Å². The van der Waals surface area contributed by atoms with Gasteiger partial charge in [-0.15, -0.1) is 24.0 Å². The first-order valence-corrected chi connectivity index (χ1v) is 3.98. The van der Waals surface area contributed by atoms with Crippen LogP contribution in [0.5, 0.6) is 0 Å². The van der Waals surface area contributed by atoms with Crippen LogP contribution in [0.4, 0.5) is 0 Å². The molecule has 0 aliphatic heterocycles. The van der Waals surface area contributed by atoms with Gasteiger partial charge < -0.3 is 6.42 Å². The molecule has 0 saturated carbocycles. The Labute approximate surface area is 118 Å². The normalized spacial score (nSPS) is 4.91. The van der Waals surface area contributed by atoms with Crippen molar-refractivity contribution in [1.82, 2.24) is 0 Å². The topological polar surface area (TPSA) is 0 Å². The van der Waals surface area contributed by atoms with E-state index >= 15 is 0 Å². The molecular weight excluding hydrogens is 324 g/mol. The minimum absolute atomic E-state index is 0. The van der Waals surface area contributed by atoms with Crippen LogP contribution in [0.1, 0.15) is 55.8 Å². The fraction of sp³-hybridized carbons (Fsp3) is 0.889. The maximum Gasteiger partial charge on any atom is 0 e. The van der Waals surface area contributed by atoms with Gasteiger partial charge in [-0.2, -0.15) is 13.8 Å². The third kappa shape index (κ3) is 340. The Hall–Kier alpha value is 1.83. The quantitative estimate of drug-likeness (QED) is 0.430. The molecule has 0 rings (SSSR count). The molecule has 11 heavy (non-hydrogen) atoms. The molecule has 0 saturated heterocycles. The Kier molecular flexibility index (Phi) is 158. The molecule has 0 aromatic carbocycles. The molecule has 0 aromatic heterocycles. The summed E-state index contributed by atoms with van der Waals surface area (Å²) in [6, 6.07) is 0. The van der Waals surface area contributed by atoms with Crippen LogP contribution in [-0.2, 0) is 32.7 Å². The van der Waals surface area contributed by atoms with E-state index in [0.717, 1.165) is 0 Å². The molecule has 2 heteroatoms. The Morgan fingerprint density at radius 3 is 0.909 bits per heavy atom. The zero-order valence-electron chi connectivity index (χ0n) is 8.98. The molecule has 0 heterocycles. The number of rotatable bonds is 0. The molecule has 0 amide bonds. The smallest absolute Gasteiger partial charge is 0 e. The SMILES string of the molecule is CCC.CCC.C[CH-]C.I.[HH].[Y]. The van der Waals surface area contributed by atoms with Crippen molar-refractivity contribution in [1.29, 1.82) is 0 Å². The molecule has 1 radical (unpaired) electrons. The molecule has 0 N–H and O–H groups in total.